The van der Waals surface area contributed by atoms with Gasteiger partial charge >= 0.3 is 21.1 Å². The molecule has 4 N–H and O–H groups in total. The molecule has 24 heavy (non-hydrogen) atoms. The Labute approximate surface area is 156 Å². The van der Waals surface area contributed by atoms with Crippen LogP contribution in [0.1, 0.15) is 57.8 Å². The van der Waals surface area contributed by atoms with E-state index in [1.807, 2.05) is 0 Å². The normalized spacial score (nSPS) is 29.1. The van der Waals surface area contributed by atoms with Gasteiger partial charge in [-0.1, -0.05) is 19.3 Å². The number of aliphatic hydroxyl groups is 1. The number of nitrogens with two attached hydrogens (primary N) is 1. The van der Waals surface area contributed by atoms with Crippen molar-refractivity contribution in [3.8, 4) is 0 Å². The molecular formula is C16H26N2O5Pt. The summed E-state index contributed by atoms with van der Waals surface area (Å²) in [6.07, 6.45) is 7.94. The minimum atomic E-state index is -1.95. The molecule has 8 heteroatoms. The Kier molecular flexibility index (Phi) is 8.33. The summed E-state index contributed by atoms with van der Waals surface area (Å²) in [7, 11) is 0. The number of aliphatic hydroxyl groups excluding tert-OH is 1. The fourth-order valence-electron chi connectivity index (χ4n) is 3.41. The van der Waals surface area contributed by atoms with Gasteiger partial charge in [0.25, 0.3) is 0 Å². The maximum atomic E-state index is 10.2. The van der Waals surface area contributed by atoms with Gasteiger partial charge in [-0.05, 0) is 38.5 Å². The Balaban J connectivity index is 0.000000232. The molecule has 3 aliphatic carbocycles. The zero-order valence-electron chi connectivity index (χ0n) is 13.6. The summed E-state index contributed by atoms with van der Waals surface area (Å²) in [4.78, 5) is 20.5. The van der Waals surface area contributed by atoms with Crippen LogP contribution < -0.4 is 21.3 Å². The van der Waals surface area contributed by atoms with E-state index in [0.29, 0.717) is 12.1 Å². The number of carbonyl (C=O) groups excluding carboxylic acids is 2. The molecule has 3 saturated carbocycles. The van der Waals surface area contributed by atoms with Gasteiger partial charge in [0.1, 0.15) is 0 Å². The van der Waals surface area contributed by atoms with Gasteiger partial charge in [-0.15, -0.1) is 0 Å². The largest absolute Gasteiger partial charge is 2.00 e. The van der Waals surface area contributed by atoms with Crippen molar-refractivity contribution < 1.29 is 46.0 Å². The van der Waals surface area contributed by atoms with Crippen LogP contribution in [0.25, 0.3) is 0 Å². The molecule has 3 aliphatic rings. The zero-order chi connectivity index (χ0) is 17.0. The standard InChI is InChI=1S/C10H20N2.C6H8O5.Pt/c11-9-6-1-2-7-10(9)12-8-4-3-5-8;7-3-1-6(2-3,4(8)9)5(10)11;/h8-10,12H,1-7,11H2;3,7H,1-2H2,(H,8,9)(H,10,11);/q;;+2/p-2/t9-,10-;;/m1../s1. The van der Waals surface area contributed by atoms with Gasteiger partial charge < -0.3 is 36.0 Å². The van der Waals surface area contributed by atoms with E-state index in [-0.39, 0.29) is 33.9 Å². The summed E-state index contributed by atoms with van der Waals surface area (Å²) in [5, 5.41) is 32.9. The fraction of sp³-hybridized carbons (Fsp3) is 0.875. The predicted octanol–water partition coefficient (Wildman–Crippen LogP) is -1.98. The summed E-state index contributed by atoms with van der Waals surface area (Å²) < 4.78 is 0. The van der Waals surface area contributed by atoms with E-state index in [4.69, 9.17) is 10.8 Å². The first-order valence-electron chi connectivity index (χ1n) is 8.48. The molecular weight excluding hydrogens is 495 g/mol. The van der Waals surface area contributed by atoms with E-state index < -0.39 is 23.5 Å². The second-order valence-corrected chi connectivity index (χ2v) is 7.07. The number of carbonyl (C=O) groups is 2. The maximum Gasteiger partial charge on any atom is 2.00 e. The third-order valence-electron chi connectivity index (χ3n) is 5.32. The first kappa shape index (κ1) is 21.6. The van der Waals surface area contributed by atoms with Gasteiger partial charge in [0.2, 0.25) is 0 Å². The van der Waals surface area contributed by atoms with E-state index in [9.17, 15) is 19.8 Å². The maximum absolute atomic E-state index is 10.2. The van der Waals surface area contributed by atoms with Gasteiger partial charge in [-0.3, -0.25) is 0 Å². The first-order valence-corrected chi connectivity index (χ1v) is 8.48. The molecule has 0 spiro atoms. The van der Waals surface area contributed by atoms with Crippen molar-refractivity contribution in [2.45, 2.75) is 82.0 Å². The molecule has 0 aliphatic heterocycles. The molecule has 3 fully saturated rings. The third kappa shape index (κ3) is 5.01. The monoisotopic (exact) mass is 521 g/mol. The van der Waals surface area contributed by atoms with E-state index in [1.165, 1.54) is 44.9 Å². The van der Waals surface area contributed by atoms with Crippen LogP contribution in [0, 0.1) is 5.41 Å². The number of carboxylic acid groups (broad SMARTS) is 2. The molecule has 3 rings (SSSR count). The average Bonchev–Trinajstić information content (AvgIpc) is 2.41. The third-order valence-corrected chi connectivity index (χ3v) is 5.32. The van der Waals surface area contributed by atoms with E-state index in [0.717, 1.165) is 6.04 Å². The molecule has 0 saturated heterocycles. The summed E-state index contributed by atoms with van der Waals surface area (Å²) in [5.41, 5.74) is 4.10. The number of rotatable bonds is 4. The Morgan fingerprint density at radius 3 is 1.88 bits per heavy atom. The molecule has 0 aromatic carbocycles. The number of hydrogen-bond acceptors (Lipinski definition) is 7. The molecule has 0 aromatic rings. The molecule has 7 nitrogen and oxygen atoms in total. The van der Waals surface area contributed by atoms with Gasteiger partial charge in [0, 0.05) is 18.1 Å². The van der Waals surface area contributed by atoms with Crippen molar-refractivity contribution in [2.24, 2.45) is 11.1 Å². The van der Waals surface area contributed by atoms with E-state index in [2.05, 4.69) is 5.32 Å². The summed E-state index contributed by atoms with van der Waals surface area (Å²) in [6.45, 7) is 0. The molecule has 140 valence electrons. The van der Waals surface area contributed by atoms with Crippen molar-refractivity contribution >= 4 is 11.9 Å². The van der Waals surface area contributed by atoms with Crippen LogP contribution in [0.5, 0.6) is 0 Å². The molecule has 0 heterocycles. The molecule has 0 aromatic heterocycles. The Hall–Kier alpha value is -0.492. The van der Waals surface area contributed by atoms with Gasteiger partial charge in [0.05, 0.1) is 23.5 Å². The Morgan fingerprint density at radius 1 is 1.00 bits per heavy atom. The topological polar surface area (TPSA) is 139 Å². The smallest absolute Gasteiger partial charge is 0.549 e. The van der Waals surface area contributed by atoms with Gasteiger partial charge in [0.15, 0.2) is 0 Å². The van der Waals surface area contributed by atoms with Crippen LogP contribution in [-0.4, -0.2) is 41.3 Å². The van der Waals surface area contributed by atoms with Crippen LogP contribution >= 0.6 is 0 Å². The van der Waals surface area contributed by atoms with Crippen LogP contribution in [-0.2, 0) is 30.7 Å². The minimum Gasteiger partial charge on any atom is -0.549 e. The predicted molar refractivity (Wildman–Crippen MR) is 78.7 cm³/mol. The van der Waals surface area contributed by atoms with Crippen molar-refractivity contribution in [3.05, 3.63) is 0 Å². The quantitative estimate of drug-likeness (QED) is 0.365. The molecule has 2 atom stereocenters. The van der Waals surface area contributed by atoms with Crippen molar-refractivity contribution in [2.75, 3.05) is 0 Å². The van der Waals surface area contributed by atoms with Crippen molar-refractivity contribution in [1.82, 2.24) is 5.32 Å². The SMILES string of the molecule is N[C@@H]1CCCC[C@H]1NC1CCC1.O=C([O-])C1(C(=O)[O-])CC(O)C1.[Pt+2]. The molecule has 0 radical (unpaired) electrons. The van der Waals surface area contributed by atoms with Crippen molar-refractivity contribution in [1.29, 1.82) is 0 Å². The fourth-order valence-corrected chi connectivity index (χ4v) is 3.41. The van der Waals surface area contributed by atoms with Gasteiger partial charge in [-0.2, -0.15) is 0 Å². The summed E-state index contributed by atoms with van der Waals surface area (Å²) in [5.74, 6) is -3.36. The first-order chi connectivity index (χ1) is 10.8. The van der Waals surface area contributed by atoms with Crippen LogP contribution in [0.3, 0.4) is 0 Å². The molecule has 0 amide bonds. The molecule has 0 unspecified atom stereocenters. The summed E-state index contributed by atoms with van der Waals surface area (Å²) >= 11 is 0. The van der Waals surface area contributed by atoms with E-state index in [1.54, 1.807) is 0 Å². The Bertz CT molecular complexity index is 422. The van der Waals surface area contributed by atoms with Crippen LogP contribution in [0.2, 0.25) is 0 Å². The van der Waals surface area contributed by atoms with Gasteiger partial charge in [-0.25, -0.2) is 0 Å². The number of hydrogen-bond donors (Lipinski definition) is 3. The molecule has 0 bridgehead atoms. The number of aliphatic carboxylic acids is 2. The van der Waals surface area contributed by atoms with E-state index >= 15 is 0 Å². The average molecular weight is 521 g/mol. The zero-order valence-corrected chi connectivity index (χ0v) is 15.9. The Morgan fingerprint density at radius 2 is 1.54 bits per heavy atom. The van der Waals surface area contributed by atoms with Crippen LogP contribution in [0.4, 0.5) is 0 Å². The second-order valence-electron chi connectivity index (χ2n) is 7.07. The minimum absolute atomic E-state index is 0. The second kappa shape index (κ2) is 9.27. The number of nitrogens with one attached hydrogen (secondary N) is 1. The number of carboxylic acids is 2. The van der Waals surface area contributed by atoms with Crippen molar-refractivity contribution in [3.63, 3.8) is 0 Å². The van der Waals surface area contributed by atoms with Crippen LogP contribution in [0.15, 0.2) is 0 Å². The summed E-state index contributed by atoms with van der Waals surface area (Å²) in [6, 6.07) is 1.86.